The van der Waals surface area contributed by atoms with Gasteiger partial charge in [0.15, 0.2) is 0 Å². The van der Waals surface area contributed by atoms with Gasteiger partial charge in [-0.05, 0) is 30.8 Å². The minimum absolute atomic E-state index is 0.0256. The van der Waals surface area contributed by atoms with Crippen molar-refractivity contribution in [3.63, 3.8) is 0 Å². The standard InChI is InChI=1S/C25H28N8O/c1-31-9-11-32(12-10-31)19-7-8-22(26-15-19)29-25-28-14-18-13-20-24(34)27-16-21(33(20)23(18)30-25)17-5-3-2-4-6-17/h2-8,13-15,18,21,23H,9-12,16H2,1H3,(H,27,34)(H,26,29,30)/t18?,21-,23?/m1/s1. The Morgan fingerprint density at radius 3 is 2.65 bits per heavy atom. The number of carbonyl (C=O) groups is 1. The van der Waals surface area contributed by atoms with Crippen molar-refractivity contribution in [3.8, 4) is 0 Å². The Labute approximate surface area is 198 Å². The van der Waals surface area contributed by atoms with Crippen LogP contribution >= 0.6 is 0 Å². The molecule has 3 atom stereocenters. The molecule has 4 aliphatic heterocycles. The molecule has 34 heavy (non-hydrogen) atoms. The Hall–Kier alpha value is -3.72. The molecule has 2 N–H and O–H groups in total. The lowest BCUT2D eigenvalue weighted by atomic mass is 10.0. The number of carbonyl (C=O) groups excluding carboxylic acids is 1. The van der Waals surface area contributed by atoms with Crippen molar-refractivity contribution in [2.24, 2.45) is 15.9 Å². The number of nitrogens with zero attached hydrogens (tertiary/aromatic N) is 6. The molecule has 174 valence electrons. The normalized spacial score (nSPS) is 26.4. The van der Waals surface area contributed by atoms with E-state index in [4.69, 9.17) is 4.99 Å². The second kappa shape index (κ2) is 8.57. The fourth-order valence-corrected chi connectivity index (χ4v) is 5.03. The summed E-state index contributed by atoms with van der Waals surface area (Å²) in [6, 6.07) is 14.3. The molecule has 2 aromatic rings. The highest BCUT2D eigenvalue weighted by Crippen LogP contribution is 2.39. The maximum absolute atomic E-state index is 12.6. The van der Waals surface area contributed by atoms with Crippen LogP contribution in [-0.4, -0.2) is 78.8 Å². The van der Waals surface area contributed by atoms with E-state index >= 15 is 0 Å². The summed E-state index contributed by atoms with van der Waals surface area (Å²) in [4.78, 5) is 33.5. The first kappa shape index (κ1) is 20.9. The minimum Gasteiger partial charge on any atom is -0.368 e. The van der Waals surface area contributed by atoms with Crippen molar-refractivity contribution in [1.82, 2.24) is 20.1 Å². The highest BCUT2D eigenvalue weighted by molar-refractivity contribution is 6.01. The lowest BCUT2D eigenvalue weighted by Crippen LogP contribution is -2.50. The van der Waals surface area contributed by atoms with Gasteiger partial charge in [0.05, 0.1) is 23.8 Å². The van der Waals surface area contributed by atoms with Crippen LogP contribution in [0.15, 0.2) is 70.4 Å². The quantitative estimate of drug-likeness (QED) is 0.731. The zero-order chi connectivity index (χ0) is 23.1. The molecule has 1 aromatic carbocycles. The van der Waals surface area contributed by atoms with E-state index in [0.29, 0.717) is 24.0 Å². The summed E-state index contributed by atoms with van der Waals surface area (Å²) in [6.07, 6.45) is 5.54. The van der Waals surface area contributed by atoms with Gasteiger partial charge in [-0.25, -0.2) is 15.0 Å². The molecule has 0 spiro atoms. The molecule has 0 radical (unpaired) electrons. The van der Waals surface area contributed by atoms with E-state index in [1.807, 2.05) is 42.8 Å². The van der Waals surface area contributed by atoms with E-state index in [0.717, 1.165) is 37.4 Å². The molecule has 0 bridgehead atoms. The van der Waals surface area contributed by atoms with Crippen LogP contribution in [0.25, 0.3) is 0 Å². The first-order valence-corrected chi connectivity index (χ1v) is 11.8. The average Bonchev–Trinajstić information content (AvgIpc) is 3.26. The Bertz CT molecular complexity index is 1150. The molecule has 0 aliphatic carbocycles. The number of fused-ring (bicyclic) bond motifs is 3. The van der Waals surface area contributed by atoms with Gasteiger partial charge in [-0.1, -0.05) is 30.3 Å². The second-order valence-electron chi connectivity index (χ2n) is 9.13. The third-order valence-electron chi connectivity index (χ3n) is 6.95. The van der Waals surface area contributed by atoms with Crippen molar-refractivity contribution < 1.29 is 4.79 Å². The van der Waals surface area contributed by atoms with E-state index in [2.05, 4.69) is 60.6 Å². The second-order valence-corrected chi connectivity index (χ2v) is 9.13. The molecule has 9 nitrogen and oxygen atoms in total. The van der Waals surface area contributed by atoms with Crippen LogP contribution in [0, 0.1) is 5.92 Å². The van der Waals surface area contributed by atoms with Gasteiger partial charge < -0.3 is 25.3 Å². The summed E-state index contributed by atoms with van der Waals surface area (Å²) in [6.45, 7) is 4.68. The van der Waals surface area contributed by atoms with E-state index in [1.165, 1.54) is 0 Å². The topological polar surface area (TPSA) is 88.5 Å². The number of hydrogen-bond donors (Lipinski definition) is 2. The van der Waals surface area contributed by atoms with Gasteiger partial charge in [-0.15, -0.1) is 0 Å². The van der Waals surface area contributed by atoms with Crippen molar-refractivity contribution in [1.29, 1.82) is 0 Å². The van der Waals surface area contributed by atoms with E-state index in [9.17, 15) is 4.79 Å². The summed E-state index contributed by atoms with van der Waals surface area (Å²) < 4.78 is 0. The Morgan fingerprint density at radius 2 is 1.88 bits per heavy atom. The lowest BCUT2D eigenvalue weighted by Gasteiger charge is -2.40. The Morgan fingerprint density at radius 1 is 1.06 bits per heavy atom. The van der Waals surface area contributed by atoms with Gasteiger partial charge >= 0.3 is 0 Å². The van der Waals surface area contributed by atoms with Gasteiger partial charge in [-0.3, -0.25) is 4.79 Å². The van der Waals surface area contributed by atoms with Crippen LogP contribution in [0.3, 0.4) is 0 Å². The molecule has 2 unspecified atom stereocenters. The summed E-state index contributed by atoms with van der Waals surface area (Å²) in [5.41, 5.74) is 2.95. The molecule has 1 aromatic heterocycles. The van der Waals surface area contributed by atoms with E-state index < -0.39 is 0 Å². The fraction of sp³-hybridized carbons (Fsp3) is 0.360. The van der Waals surface area contributed by atoms with Gasteiger partial charge in [0.1, 0.15) is 17.7 Å². The molecule has 1 amide bonds. The molecule has 2 fully saturated rings. The Kier molecular flexibility index (Phi) is 5.26. The molecule has 6 rings (SSSR count). The van der Waals surface area contributed by atoms with Crippen LogP contribution in [-0.2, 0) is 4.79 Å². The van der Waals surface area contributed by atoms with Crippen LogP contribution < -0.4 is 15.5 Å². The number of aromatic nitrogens is 1. The van der Waals surface area contributed by atoms with Crippen molar-refractivity contribution >= 4 is 29.6 Å². The van der Waals surface area contributed by atoms with Crippen molar-refractivity contribution in [2.45, 2.75) is 12.2 Å². The molecule has 5 heterocycles. The van der Waals surface area contributed by atoms with Crippen LogP contribution in [0.4, 0.5) is 11.5 Å². The van der Waals surface area contributed by atoms with Gasteiger partial charge in [0.25, 0.3) is 5.91 Å². The monoisotopic (exact) mass is 456 g/mol. The third-order valence-corrected chi connectivity index (χ3v) is 6.95. The number of benzene rings is 1. The predicted octanol–water partition coefficient (Wildman–Crippen LogP) is 1.70. The predicted molar refractivity (Wildman–Crippen MR) is 133 cm³/mol. The number of piperazine rings is 2. The smallest absolute Gasteiger partial charge is 0.267 e. The number of likely N-dealkylation sites (N-methyl/N-ethyl adjacent to an activating group) is 1. The maximum atomic E-state index is 12.6. The largest absolute Gasteiger partial charge is 0.368 e. The molecule has 4 aliphatic rings. The average molecular weight is 457 g/mol. The molecule has 0 saturated carbocycles. The molecular weight excluding hydrogens is 428 g/mol. The summed E-state index contributed by atoms with van der Waals surface area (Å²) in [5, 5.41) is 6.28. The van der Waals surface area contributed by atoms with Gasteiger partial charge in [-0.2, -0.15) is 0 Å². The van der Waals surface area contributed by atoms with Crippen molar-refractivity contribution in [2.75, 3.05) is 50.0 Å². The van der Waals surface area contributed by atoms with Gasteiger partial charge in [0, 0.05) is 38.9 Å². The maximum Gasteiger partial charge on any atom is 0.267 e. The number of anilines is 2. The highest BCUT2D eigenvalue weighted by atomic mass is 16.2. The molecule has 9 heteroatoms. The zero-order valence-electron chi connectivity index (χ0n) is 19.1. The number of aliphatic imine (C=N–C) groups is 2. The summed E-state index contributed by atoms with van der Waals surface area (Å²) in [7, 11) is 2.15. The Balaban J connectivity index is 1.20. The number of pyridine rings is 1. The number of amides is 1. The van der Waals surface area contributed by atoms with Crippen molar-refractivity contribution in [3.05, 3.63) is 66.0 Å². The molecule has 2 saturated heterocycles. The fourth-order valence-electron chi connectivity index (χ4n) is 5.03. The first-order chi connectivity index (χ1) is 16.7. The van der Waals surface area contributed by atoms with E-state index in [1.54, 1.807) is 0 Å². The number of nitrogens with one attached hydrogen (secondary N) is 2. The third kappa shape index (κ3) is 3.81. The summed E-state index contributed by atoms with van der Waals surface area (Å²) in [5.74, 6) is 1.12. The lowest BCUT2D eigenvalue weighted by molar-refractivity contribution is -0.121. The summed E-state index contributed by atoms with van der Waals surface area (Å²) >= 11 is 0. The first-order valence-electron chi connectivity index (χ1n) is 11.8. The van der Waals surface area contributed by atoms with Crippen LogP contribution in [0.1, 0.15) is 11.6 Å². The van der Waals surface area contributed by atoms with Gasteiger partial charge in [0.2, 0.25) is 5.96 Å². The van der Waals surface area contributed by atoms with Crippen LogP contribution in [0.2, 0.25) is 0 Å². The SMILES string of the molecule is CN1CCN(c2ccc(NC3=NC4C(C=N3)C=C3C(=O)NC[C@H](c5ccccc5)N34)nc2)CC1. The van der Waals surface area contributed by atoms with E-state index in [-0.39, 0.29) is 24.0 Å². The minimum atomic E-state index is -0.212. The number of hydrogen-bond acceptors (Lipinski definition) is 8. The zero-order valence-corrected chi connectivity index (χ0v) is 19.1. The number of guanidine groups is 1. The highest BCUT2D eigenvalue weighted by Gasteiger charge is 2.44. The molecular formula is C25H28N8O. The number of rotatable bonds is 3. The van der Waals surface area contributed by atoms with Crippen LogP contribution in [0.5, 0.6) is 0 Å².